The number of nitrogens with zero attached hydrogens (tertiary/aromatic N) is 1. The summed E-state index contributed by atoms with van der Waals surface area (Å²) in [4.78, 5) is 28.3. The monoisotopic (exact) mass is 406 g/mol. The average Bonchev–Trinajstić information content (AvgIpc) is 3.22. The summed E-state index contributed by atoms with van der Waals surface area (Å²) in [5.74, 6) is 0.245. The van der Waals surface area contributed by atoms with Crippen molar-refractivity contribution in [2.45, 2.75) is 25.8 Å². The molecule has 3 rings (SSSR count). The zero-order chi connectivity index (χ0) is 16.2. The normalized spacial score (nSPS) is 15.8. The molecule has 2 aromatic rings. The zero-order valence-corrected chi connectivity index (χ0v) is 16.0. The van der Waals surface area contributed by atoms with Gasteiger partial charge in [-0.2, -0.15) is 0 Å². The summed E-state index contributed by atoms with van der Waals surface area (Å²) in [5.41, 5.74) is 1.13. The van der Waals surface area contributed by atoms with Gasteiger partial charge in [-0.25, -0.2) is 4.98 Å². The predicted octanol–water partition coefficient (Wildman–Crippen LogP) is 2.16. The third kappa shape index (κ3) is 5.71. The molecule has 10 heteroatoms. The SMILES string of the molecule is Cc1occc1C(=O)Nc1nc(CC(=O)NC2CCNC2)cs1.Cl.Cl. The molecule has 0 bridgehead atoms. The zero-order valence-electron chi connectivity index (χ0n) is 13.5. The molecule has 0 aromatic carbocycles. The number of nitrogens with one attached hydrogen (secondary N) is 3. The molecule has 2 amide bonds. The van der Waals surface area contributed by atoms with Crippen molar-refractivity contribution in [3.63, 3.8) is 0 Å². The first-order valence-electron chi connectivity index (χ1n) is 7.42. The number of carbonyl (C=O) groups is 2. The highest BCUT2D eigenvalue weighted by Gasteiger charge is 2.18. The Morgan fingerprint density at radius 3 is 2.88 bits per heavy atom. The summed E-state index contributed by atoms with van der Waals surface area (Å²) in [5, 5.41) is 11.1. The van der Waals surface area contributed by atoms with E-state index in [9.17, 15) is 9.59 Å². The van der Waals surface area contributed by atoms with Gasteiger partial charge < -0.3 is 15.1 Å². The number of rotatable bonds is 5. The first-order chi connectivity index (χ1) is 11.1. The summed E-state index contributed by atoms with van der Waals surface area (Å²) >= 11 is 1.30. The first-order valence-corrected chi connectivity index (χ1v) is 8.29. The number of hydrogen-bond donors (Lipinski definition) is 3. The van der Waals surface area contributed by atoms with E-state index in [1.54, 1.807) is 18.4 Å². The molecule has 1 atom stereocenters. The van der Waals surface area contributed by atoms with Crippen molar-refractivity contribution >= 4 is 53.1 Å². The summed E-state index contributed by atoms with van der Waals surface area (Å²) in [7, 11) is 0. The van der Waals surface area contributed by atoms with Gasteiger partial charge in [0, 0.05) is 18.0 Å². The number of thiazole rings is 1. The van der Waals surface area contributed by atoms with E-state index in [2.05, 4.69) is 20.9 Å². The van der Waals surface area contributed by atoms with Crippen molar-refractivity contribution in [1.29, 1.82) is 0 Å². The third-order valence-electron chi connectivity index (χ3n) is 3.64. The fourth-order valence-electron chi connectivity index (χ4n) is 2.45. The smallest absolute Gasteiger partial charge is 0.260 e. The molecule has 0 radical (unpaired) electrons. The van der Waals surface area contributed by atoms with Crippen molar-refractivity contribution in [3.8, 4) is 0 Å². The van der Waals surface area contributed by atoms with Gasteiger partial charge in [0.05, 0.1) is 23.9 Å². The molecule has 0 saturated carbocycles. The lowest BCUT2D eigenvalue weighted by molar-refractivity contribution is -0.121. The number of furan rings is 1. The van der Waals surface area contributed by atoms with Gasteiger partial charge in [0.1, 0.15) is 5.76 Å². The van der Waals surface area contributed by atoms with E-state index >= 15 is 0 Å². The molecule has 1 aliphatic heterocycles. The van der Waals surface area contributed by atoms with Crippen LogP contribution >= 0.6 is 36.2 Å². The molecule has 25 heavy (non-hydrogen) atoms. The molecule has 0 spiro atoms. The van der Waals surface area contributed by atoms with E-state index in [1.807, 2.05) is 0 Å². The number of aryl methyl sites for hydroxylation is 1. The van der Waals surface area contributed by atoms with Gasteiger partial charge in [0.25, 0.3) is 5.91 Å². The summed E-state index contributed by atoms with van der Waals surface area (Å²) in [6, 6.07) is 1.81. The second-order valence-electron chi connectivity index (χ2n) is 5.42. The summed E-state index contributed by atoms with van der Waals surface area (Å²) in [6.45, 7) is 3.48. The van der Waals surface area contributed by atoms with Crippen LogP contribution in [-0.2, 0) is 11.2 Å². The topological polar surface area (TPSA) is 96.3 Å². The molecule has 7 nitrogen and oxygen atoms in total. The highest BCUT2D eigenvalue weighted by molar-refractivity contribution is 7.14. The van der Waals surface area contributed by atoms with Crippen molar-refractivity contribution in [2.75, 3.05) is 18.4 Å². The second kappa shape index (κ2) is 9.76. The van der Waals surface area contributed by atoms with E-state index in [0.717, 1.165) is 19.5 Å². The van der Waals surface area contributed by atoms with E-state index < -0.39 is 0 Å². The van der Waals surface area contributed by atoms with Crippen molar-refractivity contribution in [1.82, 2.24) is 15.6 Å². The fourth-order valence-corrected chi connectivity index (χ4v) is 3.16. The van der Waals surface area contributed by atoms with Gasteiger partial charge in [0.15, 0.2) is 5.13 Å². The van der Waals surface area contributed by atoms with E-state index in [4.69, 9.17) is 4.42 Å². The number of aromatic nitrogens is 1. The summed E-state index contributed by atoms with van der Waals surface area (Å²) < 4.78 is 5.11. The van der Waals surface area contributed by atoms with Crippen LogP contribution in [0.3, 0.4) is 0 Å². The maximum Gasteiger partial charge on any atom is 0.260 e. The van der Waals surface area contributed by atoms with Crippen LogP contribution in [0.2, 0.25) is 0 Å². The minimum atomic E-state index is -0.265. The van der Waals surface area contributed by atoms with Crippen LogP contribution in [-0.4, -0.2) is 35.9 Å². The lowest BCUT2D eigenvalue weighted by atomic mass is 10.2. The van der Waals surface area contributed by atoms with Gasteiger partial charge in [-0.15, -0.1) is 36.2 Å². The van der Waals surface area contributed by atoms with Gasteiger partial charge in [-0.05, 0) is 26.0 Å². The minimum Gasteiger partial charge on any atom is -0.469 e. The van der Waals surface area contributed by atoms with Crippen LogP contribution in [0.15, 0.2) is 22.1 Å². The molecule has 1 aliphatic rings. The number of anilines is 1. The molecule has 1 fully saturated rings. The van der Waals surface area contributed by atoms with Gasteiger partial charge in [-0.1, -0.05) is 0 Å². The highest BCUT2D eigenvalue weighted by atomic mass is 35.5. The average molecular weight is 407 g/mol. The highest BCUT2D eigenvalue weighted by Crippen LogP contribution is 2.18. The van der Waals surface area contributed by atoms with Gasteiger partial charge in [-0.3, -0.25) is 14.9 Å². The number of halogens is 2. The predicted molar refractivity (Wildman–Crippen MR) is 101 cm³/mol. The molecule has 2 aromatic heterocycles. The molecular formula is C15H20Cl2N4O3S. The Kier molecular flexibility index (Phi) is 8.37. The van der Waals surface area contributed by atoms with Crippen LogP contribution in [0.1, 0.15) is 28.2 Å². The maximum absolute atomic E-state index is 12.1. The van der Waals surface area contributed by atoms with Gasteiger partial charge in [0.2, 0.25) is 5.91 Å². The van der Waals surface area contributed by atoms with Crippen molar-refractivity contribution < 1.29 is 14.0 Å². The van der Waals surface area contributed by atoms with E-state index in [1.165, 1.54) is 17.6 Å². The molecule has 3 heterocycles. The van der Waals surface area contributed by atoms with Gasteiger partial charge >= 0.3 is 0 Å². The van der Waals surface area contributed by atoms with Crippen molar-refractivity contribution in [3.05, 3.63) is 34.7 Å². The van der Waals surface area contributed by atoms with E-state index in [0.29, 0.717) is 22.1 Å². The summed E-state index contributed by atoms with van der Waals surface area (Å²) in [6.07, 6.45) is 2.64. The second-order valence-corrected chi connectivity index (χ2v) is 6.28. The Morgan fingerprint density at radius 1 is 1.44 bits per heavy atom. The molecule has 138 valence electrons. The molecule has 3 N–H and O–H groups in total. The third-order valence-corrected chi connectivity index (χ3v) is 4.45. The maximum atomic E-state index is 12.1. The number of carbonyl (C=O) groups excluding carboxylic acids is 2. The lowest BCUT2D eigenvalue weighted by Crippen LogP contribution is -2.37. The van der Waals surface area contributed by atoms with Crippen LogP contribution in [0, 0.1) is 6.92 Å². The molecular weight excluding hydrogens is 387 g/mol. The lowest BCUT2D eigenvalue weighted by Gasteiger charge is -2.10. The Labute approximate surface area is 161 Å². The Bertz CT molecular complexity index is 713. The Hall–Kier alpha value is -1.61. The molecule has 1 unspecified atom stereocenters. The molecule has 1 saturated heterocycles. The van der Waals surface area contributed by atoms with Crippen molar-refractivity contribution in [2.24, 2.45) is 0 Å². The Morgan fingerprint density at radius 2 is 2.24 bits per heavy atom. The number of amides is 2. The first kappa shape index (κ1) is 21.4. The molecule has 0 aliphatic carbocycles. The van der Waals surface area contributed by atoms with Crippen LogP contribution < -0.4 is 16.0 Å². The fraction of sp³-hybridized carbons (Fsp3) is 0.400. The minimum absolute atomic E-state index is 0. The Balaban J connectivity index is 0.00000156. The standard InChI is InChI=1S/C15H18N4O3S.2ClH/c1-9-12(3-5-22-9)14(21)19-15-18-11(8-23-15)6-13(20)17-10-2-4-16-7-10;;/h3,5,8,10,16H,2,4,6-7H2,1H3,(H,17,20)(H,18,19,21);2*1H. The van der Waals surface area contributed by atoms with Crippen LogP contribution in [0.25, 0.3) is 0 Å². The number of hydrogen-bond acceptors (Lipinski definition) is 6. The largest absolute Gasteiger partial charge is 0.469 e. The quantitative estimate of drug-likeness (QED) is 0.706. The van der Waals surface area contributed by atoms with Crippen LogP contribution in [0.4, 0.5) is 5.13 Å². The van der Waals surface area contributed by atoms with Crippen LogP contribution in [0.5, 0.6) is 0 Å². The van der Waals surface area contributed by atoms with E-state index in [-0.39, 0.29) is 49.1 Å².